The predicted octanol–water partition coefficient (Wildman–Crippen LogP) is 5.41. The summed E-state index contributed by atoms with van der Waals surface area (Å²) in [5.74, 6) is 0. The molecule has 1 atom stereocenters. The highest BCUT2D eigenvalue weighted by Crippen LogP contribution is 2.34. The van der Waals surface area contributed by atoms with Gasteiger partial charge in [-0.25, -0.2) is 0 Å². The summed E-state index contributed by atoms with van der Waals surface area (Å²) in [6.07, 6.45) is 4.47. The molecule has 0 aliphatic carbocycles. The van der Waals surface area contributed by atoms with Crippen molar-refractivity contribution in [3.8, 4) is 0 Å². The lowest BCUT2D eigenvalue weighted by Crippen LogP contribution is -2.68. The Morgan fingerprint density at radius 2 is 1.04 bits per heavy atom. The molecule has 0 spiro atoms. The van der Waals surface area contributed by atoms with Crippen molar-refractivity contribution in [2.45, 2.75) is 73.3 Å². The minimum absolute atomic E-state index is 0.213. The summed E-state index contributed by atoms with van der Waals surface area (Å²) >= 11 is 0. The minimum atomic E-state index is -3.04. The molecule has 0 aliphatic heterocycles. The molecule has 0 saturated heterocycles. The maximum atomic E-state index is 12.9. The minimum Gasteiger partial charge on any atom is -0.424 e. The van der Waals surface area contributed by atoms with E-state index < -0.39 is 16.4 Å². The van der Waals surface area contributed by atoms with E-state index in [-0.39, 0.29) is 5.16 Å². The second kappa shape index (κ2) is 8.13. The van der Waals surface area contributed by atoms with Crippen LogP contribution in [0.15, 0.2) is 36.4 Å². The molecule has 28 heavy (non-hydrogen) atoms. The molecule has 0 aromatic heterocycles. The molecule has 0 fully saturated rings. The van der Waals surface area contributed by atoms with E-state index in [1.54, 1.807) is 0 Å². The number of hydrogen-bond acceptors (Lipinski definition) is 1. The molecule has 2 rings (SSSR count). The van der Waals surface area contributed by atoms with Gasteiger partial charge < -0.3 is 4.80 Å². The number of benzene rings is 2. The molecule has 0 radical (unpaired) electrons. The number of rotatable bonds is 5. The molecule has 0 bridgehead atoms. The molecule has 152 valence electrons. The summed E-state index contributed by atoms with van der Waals surface area (Å²) in [5.41, 5.74) is 7.47. The second-order valence-electron chi connectivity index (χ2n) is 9.68. The van der Waals surface area contributed by atoms with Gasteiger partial charge in [0.2, 0.25) is 0 Å². The summed E-state index contributed by atoms with van der Waals surface area (Å²) in [6, 6.07) is 8.98. The Morgan fingerprint density at radius 1 is 0.714 bits per heavy atom. The van der Waals surface area contributed by atoms with E-state index in [0.717, 1.165) is 0 Å². The molecule has 1 unspecified atom stereocenters. The second-order valence-corrected chi connectivity index (χ2v) is 18.8. The van der Waals surface area contributed by atoms with Crippen LogP contribution < -0.4 is 10.4 Å². The van der Waals surface area contributed by atoms with Crippen LogP contribution in [0.1, 0.15) is 40.3 Å². The van der Waals surface area contributed by atoms with Crippen molar-refractivity contribution in [1.82, 2.24) is 0 Å². The first-order chi connectivity index (χ1) is 12.8. The molecule has 0 heterocycles. The Balaban J connectivity index is 3.04. The fourth-order valence-corrected chi connectivity index (χ4v) is 15.9. The van der Waals surface area contributed by atoms with Crippen molar-refractivity contribution in [2.75, 3.05) is 0 Å². The van der Waals surface area contributed by atoms with Gasteiger partial charge in [0.1, 0.15) is 0 Å². The zero-order valence-corrected chi connectivity index (χ0v) is 21.5. The molecular formula is C25H38OSi2. The van der Waals surface area contributed by atoms with Crippen LogP contribution in [0, 0.1) is 41.5 Å². The Labute approximate surface area is 174 Å². The average Bonchev–Trinajstić information content (AvgIpc) is 2.49. The Bertz CT molecular complexity index is 800. The summed E-state index contributed by atoms with van der Waals surface area (Å²) in [7, 11) is -4.74. The van der Waals surface area contributed by atoms with Crippen molar-refractivity contribution in [1.29, 1.82) is 0 Å². The summed E-state index contributed by atoms with van der Waals surface area (Å²) in [4.78, 5) is 12.9. The number of hydrogen-bond donors (Lipinski definition) is 1. The van der Waals surface area contributed by atoms with Crippen LogP contribution in [0.3, 0.4) is 0 Å². The zero-order valence-electron chi connectivity index (χ0n) is 19.5. The van der Waals surface area contributed by atoms with Gasteiger partial charge in [0.15, 0.2) is 0 Å². The monoisotopic (exact) mass is 410 g/mol. The molecule has 2 aromatic rings. The van der Waals surface area contributed by atoms with E-state index in [9.17, 15) is 4.80 Å². The first-order valence-corrected chi connectivity index (χ1v) is 16.0. The van der Waals surface area contributed by atoms with Gasteiger partial charge in [-0.2, -0.15) is 0 Å². The zero-order chi connectivity index (χ0) is 21.4. The van der Waals surface area contributed by atoms with Crippen molar-refractivity contribution in [2.24, 2.45) is 0 Å². The Hall–Kier alpha value is -1.43. The molecule has 1 nitrogen and oxygen atoms in total. The van der Waals surface area contributed by atoms with Crippen molar-refractivity contribution >= 4 is 26.8 Å². The molecule has 0 saturated carbocycles. The van der Waals surface area contributed by atoms with Gasteiger partial charge in [0.05, 0.1) is 8.07 Å². The van der Waals surface area contributed by atoms with Gasteiger partial charge in [-0.15, -0.1) is 0 Å². The first kappa shape index (κ1) is 22.9. The van der Waals surface area contributed by atoms with Crippen LogP contribution in [0.2, 0.25) is 24.8 Å². The van der Waals surface area contributed by atoms with E-state index in [0.29, 0.717) is 0 Å². The van der Waals surface area contributed by atoms with Crippen LogP contribution in [0.4, 0.5) is 0 Å². The topological polar surface area (TPSA) is 20.2 Å². The molecule has 3 heteroatoms. The van der Waals surface area contributed by atoms with Crippen molar-refractivity contribution < 1.29 is 4.80 Å². The van der Waals surface area contributed by atoms with E-state index in [2.05, 4.69) is 105 Å². The standard InChI is InChI=1S/C25H38OSi2/c1-11-12-23(27(8,9)10)28(26,24-19(4)13-17(2)14-20(24)5)25-21(6)15-18(3)16-22(25)7/h11-16,23,26H,1-10H3/b12-11+. The number of allylic oxidation sites excluding steroid dienone is 2. The summed E-state index contributed by atoms with van der Waals surface area (Å²) in [6.45, 7) is 22.3. The van der Waals surface area contributed by atoms with E-state index in [1.807, 2.05) is 0 Å². The van der Waals surface area contributed by atoms with Gasteiger partial charge in [0.25, 0.3) is 8.32 Å². The Morgan fingerprint density at radius 3 is 1.29 bits per heavy atom. The van der Waals surface area contributed by atoms with E-state index >= 15 is 0 Å². The molecular weight excluding hydrogens is 372 g/mol. The smallest absolute Gasteiger partial charge is 0.257 e. The SMILES string of the molecule is C/C=C/C([Si](C)(C)C)[Si](O)(c1c(C)cc(C)cc1C)c1c(C)cc(C)cc1C. The lowest BCUT2D eigenvalue weighted by molar-refractivity contribution is 0.563. The van der Waals surface area contributed by atoms with Crippen LogP contribution >= 0.6 is 0 Å². The fourth-order valence-electron chi connectivity index (χ4n) is 5.25. The van der Waals surface area contributed by atoms with Gasteiger partial charge >= 0.3 is 0 Å². The fraction of sp³-hybridized carbons (Fsp3) is 0.440. The molecule has 2 aromatic carbocycles. The Kier molecular flexibility index (Phi) is 6.64. The summed E-state index contributed by atoms with van der Waals surface area (Å²) in [5, 5.41) is 2.66. The lowest BCUT2D eigenvalue weighted by atomic mass is 10.1. The van der Waals surface area contributed by atoms with Crippen LogP contribution in [0.25, 0.3) is 0 Å². The van der Waals surface area contributed by atoms with Gasteiger partial charge in [0, 0.05) is 0 Å². The largest absolute Gasteiger partial charge is 0.424 e. The van der Waals surface area contributed by atoms with Crippen LogP contribution in [0.5, 0.6) is 0 Å². The maximum Gasteiger partial charge on any atom is 0.257 e. The highest BCUT2D eigenvalue weighted by atomic mass is 28.4. The first-order valence-electron chi connectivity index (χ1n) is 10.4. The van der Waals surface area contributed by atoms with E-state index in [1.165, 1.54) is 43.8 Å². The number of aryl methyl sites for hydroxylation is 6. The van der Waals surface area contributed by atoms with Crippen molar-refractivity contribution in [3.63, 3.8) is 0 Å². The average molecular weight is 411 g/mol. The predicted molar refractivity (Wildman–Crippen MR) is 130 cm³/mol. The normalized spacial score (nSPS) is 14.0. The highest BCUT2D eigenvalue weighted by Gasteiger charge is 2.51. The van der Waals surface area contributed by atoms with Gasteiger partial charge in [-0.3, -0.25) is 0 Å². The van der Waals surface area contributed by atoms with Crippen LogP contribution in [-0.2, 0) is 0 Å². The molecule has 1 N–H and O–H groups in total. The summed E-state index contributed by atoms with van der Waals surface area (Å²) < 4.78 is 0. The molecule has 0 aliphatic rings. The third kappa shape index (κ3) is 4.12. The van der Waals surface area contributed by atoms with Crippen molar-refractivity contribution in [3.05, 3.63) is 69.8 Å². The quantitative estimate of drug-likeness (QED) is 0.516. The third-order valence-corrected chi connectivity index (χ3v) is 16.0. The van der Waals surface area contributed by atoms with Crippen LogP contribution in [-0.4, -0.2) is 21.2 Å². The van der Waals surface area contributed by atoms with Gasteiger partial charge in [-0.05, 0) is 86.3 Å². The third-order valence-electron chi connectivity index (χ3n) is 5.88. The molecule has 0 amide bonds. The lowest BCUT2D eigenvalue weighted by Gasteiger charge is -2.42. The maximum absolute atomic E-state index is 12.9. The highest BCUT2D eigenvalue weighted by molar-refractivity contribution is 7.08. The van der Waals surface area contributed by atoms with E-state index in [4.69, 9.17) is 0 Å². The van der Waals surface area contributed by atoms with Gasteiger partial charge in [-0.1, -0.05) is 67.2 Å².